The number of carbonyl (C=O) groups is 2. The van der Waals surface area contributed by atoms with E-state index in [1.54, 1.807) is 12.3 Å². The van der Waals surface area contributed by atoms with Crippen molar-refractivity contribution < 1.29 is 19.1 Å². The number of nitrogens with one attached hydrogen (secondary N) is 1. The molecule has 49 heavy (non-hydrogen) atoms. The molecule has 0 aliphatic heterocycles. The Balaban J connectivity index is 1.58. The molecule has 9 nitrogen and oxygen atoms in total. The molecule has 0 aliphatic carbocycles. The highest BCUT2D eigenvalue weighted by atomic mass is 16.6. The van der Waals surface area contributed by atoms with Crippen LogP contribution in [0.4, 0.5) is 21.2 Å². The Labute approximate surface area is 286 Å². The third-order valence-corrected chi connectivity index (χ3v) is 8.07. The molecule has 0 atom stereocenters. The van der Waals surface area contributed by atoms with Gasteiger partial charge in [-0.1, -0.05) is 121 Å². The third-order valence-electron chi connectivity index (χ3n) is 8.07. The zero-order valence-corrected chi connectivity index (χ0v) is 28.0. The summed E-state index contributed by atoms with van der Waals surface area (Å²) in [5, 5.41) is 8.66. The summed E-state index contributed by atoms with van der Waals surface area (Å²) in [6.45, 7) is 7.77. The van der Waals surface area contributed by atoms with Crippen LogP contribution in [-0.4, -0.2) is 39.1 Å². The molecule has 0 aliphatic rings. The summed E-state index contributed by atoms with van der Waals surface area (Å²) >= 11 is 0. The van der Waals surface area contributed by atoms with Crippen molar-refractivity contribution in [3.05, 3.63) is 156 Å². The number of benzene rings is 4. The third kappa shape index (κ3) is 6.87. The van der Waals surface area contributed by atoms with Crippen molar-refractivity contribution in [2.45, 2.75) is 45.4 Å². The summed E-state index contributed by atoms with van der Waals surface area (Å²) in [5.74, 6) is 0.645. The second-order valence-electron chi connectivity index (χ2n) is 12.5. The van der Waals surface area contributed by atoms with Crippen LogP contribution in [-0.2, 0) is 21.6 Å². The molecule has 1 N–H and O–H groups in total. The first kappa shape index (κ1) is 33.0. The number of rotatable bonds is 9. The molecule has 0 fully saturated rings. The van der Waals surface area contributed by atoms with Crippen LogP contribution in [0.15, 0.2) is 134 Å². The first-order valence-corrected chi connectivity index (χ1v) is 16.2. The number of ether oxygens (including phenoxy) is 2. The smallest absolute Gasteiger partial charge is 0.416 e. The summed E-state index contributed by atoms with van der Waals surface area (Å²) in [6, 6.07) is 41.6. The van der Waals surface area contributed by atoms with Crippen LogP contribution in [0.2, 0.25) is 0 Å². The molecule has 0 spiro atoms. The minimum absolute atomic E-state index is 0.109. The molecule has 2 amide bonds. The monoisotopic (exact) mass is 653 g/mol. The second-order valence-corrected chi connectivity index (χ2v) is 12.5. The topological polar surface area (TPSA) is 98.6 Å². The van der Waals surface area contributed by atoms with Gasteiger partial charge in [0.25, 0.3) is 0 Å². The van der Waals surface area contributed by atoms with Gasteiger partial charge in [-0.25, -0.2) is 19.3 Å². The number of amides is 2. The van der Waals surface area contributed by atoms with Crippen LogP contribution >= 0.6 is 0 Å². The SMILES string of the molecule is CCN(C(=O)OC(C)(C)C)c1nn(C(c2ccccc2)(c2ccccc2)c2ccccc2)c2cc(NC(=O)OCc3ccccc3)ncc12. The average molecular weight is 654 g/mol. The number of anilines is 2. The van der Waals surface area contributed by atoms with Gasteiger partial charge in [-0.15, -0.1) is 0 Å². The number of pyridine rings is 1. The molecule has 0 saturated heterocycles. The lowest BCUT2D eigenvalue weighted by molar-refractivity contribution is 0.0581. The van der Waals surface area contributed by atoms with E-state index in [2.05, 4.69) is 46.7 Å². The minimum atomic E-state index is -1.01. The van der Waals surface area contributed by atoms with Crippen molar-refractivity contribution in [1.82, 2.24) is 14.8 Å². The quantitative estimate of drug-likeness (QED) is 0.157. The summed E-state index contributed by atoms with van der Waals surface area (Å²) in [6.07, 6.45) is 0.448. The van der Waals surface area contributed by atoms with Gasteiger partial charge >= 0.3 is 12.2 Å². The molecular formula is C40H39N5O4. The lowest BCUT2D eigenvalue weighted by Crippen LogP contribution is -2.40. The van der Waals surface area contributed by atoms with E-state index in [9.17, 15) is 9.59 Å². The number of carbonyl (C=O) groups excluding carboxylic acids is 2. The Morgan fingerprint density at radius 3 is 1.78 bits per heavy atom. The number of aromatic nitrogens is 3. The molecule has 0 unspecified atom stereocenters. The lowest BCUT2D eigenvalue weighted by Gasteiger charge is -2.37. The number of hydrogen-bond donors (Lipinski definition) is 1. The Kier molecular flexibility index (Phi) is 9.44. The minimum Gasteiger partial charge on any atom is -0.444 e. The standard InChI is InChI=1S/C40H39N5O4/c1-5-44(38(47)49-39(2,3)4)36-33-27-41-35(42-37(46)48-28-29-18-10-6-11-19-29)26-34(33)45(43-36)40(30-20-12-7-13-21-30,31-22-14-8-15-23-31)32-24-16-9-17-25-32/h6-27H,5,28H2,1-4H3,(H,41,42,46). The summed E-state index contributed by atoms with van der Waals surface area (Å²) in [4.78, 5) is 32.7. The fraction of sp³-hybridized carbons (Fsp3) is 0.200. The molecule has 6 aromatic rings. The molecule has 0 saturated carbocycles. The van der Waals surface area contributed by atoms with E-state index in [1.807, 2.05) is 117 Å². The molecular weight excluding hydrogens is 614 g/mol. The van der Waals surface area contributed by atoms with Crippen LogP contribution in [0.3, 0.4) is 0 Å². The van der Waals surface area contributed by atoms with Crippen molar-refractivity contribution >= 4 is 34.7 Å². The van der Waals surface area contributed by atoms with Gasteiger partial charge in [0.1, 0.15) is 23.6 Å². The lowest BCUT2D eigenvalue weighted by atomic mass is 9.77. The molecule has 2 heterocycles. The number of fused-ring (bicyclic) bond motifs is 1. The van der Waals surface area contributed by atoms with E-state index in [0.29, 0.717) is 23.3 Å². The van der Waals surface area contributed by atoms with Crippen LogP contribution in [0, 0.1) is 0 Å². The van der Waals surface area contributed by atoms with Crippen molar-refractivity contribution in [3.8, 4) is 0 Å². The van der Waals surface area contributed by atoms with E-state index in [4.69, 9.17) is 14.6 Å². The van der Waals surface area contributed by atoms with Gasteiger partial charge < -0.3 is 9.47 Å². The van der Waals surface area contributed by atoms with Crippen LogP contribution in [0.1, 0.15) is 49.9 Å². The van der Waals surface area contributed by atoms with Crippen molar-refractivity contribution in [1.29, 1.82) is 0 Å². The molecule has 4 aromatic carbocycles. The highest BCUT2D eigenvalue weighted by Crippen LogP contribution is 2.44. The molecule has 0 bridgehead atoms. The maximum absolute atomic E-state index is 13.7. The predicted molar refractivity (Wildman–Crippen MR) is 192 cm³/mol. The first-order chi connectivity index (χ1) is 23.7. The largest absolute Gasteiger partial charge is 0.444 e. The Morgan fingerprint density at radius 1 is 0.776 bits per heavy atom. The highest BCUT2D eigenvalue weighted by Gasteiger charge is 2.42. The van der Waals surface area contributed by atoms with E-state index < -0.39 is 23.3 Å². The summed E-state index contributed by atoms with van der Waals surface area (Å²) < 4.78 is 13.3. The van der Waals surface area contributed by atoms with Gasteiger partial charge in [-0.05, 0) is 49.9 Å². The zero-order chi connectivity index (χ0) is 34.4. The summed E-state index contributed by atoms with van der Waals surface area (Å²) in [7, 11) is 0. The number of nitrogens with zero attached hydrogens (tertiary/aromatic N) is 4. The molecule has 6 rings (SSSR count). The van der Waals surface area contributed by atoms with Gasteiger partial charge in [-0.2, -0.15) is 5.10 Å². The second kappa shape index (κ2) is 14.0. The Hall–Kier alpha value is -5.96. The van der Waals surface area contributed by atoms with Crippen LogP contribution < -0.4 is 10.2 Å². The fourth-order valence-electron chi connectivity index (χ4n) is 5.97. The molecule has 9 heteroatoms. The van der Waals surface area contributed by atoms with E-state index in [-0.39, 0.29) is 12.4 Å². The Bertz CT molecular complexity index is 1930. The van der Waals surface area contributed by atoms with Gasteiger partial charge in [0.2, 0.25) is 0 Å². The van der Waals surface area contributed by atoms with Crippen molar-refractivity contribution in [2.75, 3.05) is 16.8 Å². The van der Waals surface area contributed by atoms with Crippen LogP contribution in [0.5, 0.6) is 0 Å². The van der Waals surface area contributed by atoms with Gasteiger partial charge in [-0.3, -0.25) is 10.2 Å². The van der Waals surface area contributed by atoms with Gasteiger partial charge in [0.05, 0.1) is 10.9 Å². The normalized spacial score (nSPS) is 11.6. The molecule has 248 valence electrons. The van der Waals surface area contributed by atoms with E-state index in [0.717, 1.165) is 22.3 Å². The van der Waals surface area contributed by atoms with Crippen molar-refractivity contribution in [2.24, 2.45) is 0 Å². The maximum atomic E-state index is 13.7. The first-order valence-electron chi connectivity index (χ1n) is 16.2. The van der Waals surface area contributed by atoms with Crippen molar-refractivity contribution in [3.63, 3.8) is 0 Å². The Morgan fingerprint density at radius 2 is 1.29 bits per heavy atom. The summed E-state index contributed by atoms with van der Waals surface area (Å²) in [5.41, 5.74) is 2.58. The average Bonchev–Trinajstić information content (AvgIpc) is 3.47. The van der Waals surface area contributed by atoms with Gasteiger partial charge in [0.15, 0.2) is 5.82 Å². The van der Waals surface area contributed by atoms with E-state index >= 15 is 0 Å². The molecule has 2 aromatic heterocycles. The van der Waals surface area contributed by atoms with Crippen LogP contribution in [0.25, 0.3) is 10.9 Å². The maximum Gasteiger partial charge on any atom is 0.416 e. The zero-order valence-electron chi connectivity index (χ0n) is 28.0. The van der Waals surface area contributed by atoms with Gasteiger partial charge in [0, 0.05) is 18.8 Å². The highest BCUT2D eigenvalue weighted by molar-refractivity contribution is 6.00. The fourth-order valence-corrected chi connectivity index (χ4v) is 5.97. The van der Waals surface area contributed by atoms with E-state index in [1.165, 1.54) is 4.90 Å². The number of hydrogen-bond acceptors (Lipinski definition) is 6. The predicted octanol–water partition coefficient (Wildman–Crippen LogP) is 8.78. The molecule has 0 radical (unpaired) electrons.